The number of nitrogens with one attached hydrogen (secondary N) is 1. The van der Waals surface area contributed by atoms with Crippen molar-refractivity contribution < 1.29 is 18.0 Å². The molecule has 1 amide bonds. The molecule has 0 bridgehead atoms. The highest BCUT2D eigenvalue weighted by molar-refractivity contribution is 5.89. The zero-order valence-electron chi connectivity index (χ0n) is 22.7. The molecule has 0 spiro atoms. The van der Waals surface area contributed by atoms with Crippen LogP contribution >= 0.6 is 0 Å². The van der Waals surface area contributed by atoms with Gasteiger partial charge in [0.05, 0.1) is 33.6 Å². The average molecular weight is 551 g/mol. The van der Waals surface area contributed by atoms with E-state index in [9.17, 15) is 23.2 Å². The quantitative estimate of drug-likeness (QED) is 0.476. The molecule has 1 N–H and O–H groups in total. The number of aryl methyl sites for hydroxylation is 1. The van der Waals surface area contributed by atoms with Crippen LogP contribution in [0, 0.1) is 11.3 Å². The van der Waals surface area contributed by atoms with Gasteiger partial charge in [-0.25, -0.2) is 0 Å². The lowest BCUT2D eigenvalue weighted by Gasteiger charge is -2.42. The third-order valence-corrected chi connectivity index (χ3v) is 8.31. The molecular weight excluding hydrogens is 517 g/mol. The van der Waals surface area contributed by atoms with Crippen molar-refractivity contribution in [3.05, 3.63) is 71.5 Å². The van der Waals surface area contributed by atoms with Gasteiger partial charge in [-0.05, 0) is 81.7 Å². The number of aromatic nitrogens is 2. The van der Waals surface area contributed by atoms with Gasteiger partial charge in [0.2, 0.25) is 5.91 Å². The molecule has 40 heavy (non-hydrogen) atoms. The van der Waals surface area contributed by atoms with Crippen molar-refractivity contribution in [1.82, 2.24) is 19.8 Å². The summed E-state index contributed by atoms with van der Waals surface area (Å²) in [5.41, 5.74) is 1.39. The number of hydrogen-bond acceptors (Lipinski definition) is 5. The summed E-state index contributed by atoms with van der Waals surface area (Å²) in [6.45, 7) is 5.43. The van der Waals surface area contributed by atoms with Gasteiger partial charge in [-0.3, -0.25) is 9.78 Å². The fourth-order valence-electron chi connectivity index (χ4n) is 5.98. The van der Waals surface area contributed by atoms with E-state index in [1.807, 2.05) is 48.5 Å². The molecule has 2 fully saturated rings. The number of halogens is 3. The number of likely N-dealkylation sites (N-methyl/N-ethyl adjacent to an activating group) is 1. The van der Waals surface area contributed by atoms with E-state index < -0.39 is 17.2 Å². The van der Waals surface area contributed by atoms with E-state index in [1.165, 1.54) is 6.07 Å². The second kappa shape index (κ2) is 11.0. The van der Waals surface area contributed by atoms with Crippen LogP contribution in [0.1, 0.15) is 42.9 Å². The summed E-state index contributed by atoms with van der Waals surface area (Å²) in [6, 6.07) is 13.2. The Labute approximate surface area is 232 Å². The van der Waals surface area contributed by atoms with Gasteiger partial charge in [-0.2, -0.15) is 18.4 Å². The van der Waals surface area contributed by atoms with Crippen LogP contribution in [0.2, 0.25) is 0 Å². The fourth-order valence-corrected chi connectivity index (χ4v) is 5.98. The van der Waals surface area contributed by atoms with Crippen LogP contribution in [0.15, 0.2) is 54.9 Å². The Morgan fingerprint density at radius 2 is 1.95 bits per heavy atom. The first-order valence-electron chi connectivity index (χ1n) is 13.6. The Balaban J connectivity index is 1.43. The van der Waals surface area contributed by atoms with Gasteiger partial charge in [0, 0.05) is 44.6 Å². The van der Waals surface area contributed by atoms with Crippen LogP contribution in [0.4, 0.5) is 18.9 Å². The number of rotatable bonds is 6. The maximum Gasteiger partial charge on any atom is 0.416 e. The first kappa shape index (κ1) is 27.7. The number of alkyl halides is 3. The molecule has 5 rings (SSSR count). The molecular formula is C30H33F3N6O. The fraction of sp³-hybridized carbons (Fsp3) is 0.433. The largest absolute Gasteiger partial charge is 0.416 e. The lowest BCUT2D eigenvalue weighted by Crippen LogP contribution is -2.54. The molecule has 1 atom stereocenters. The van der Waals surface area contributed by atoms with E-state index in [0.29, 0.717) is 31.6 Å². The Bertz CT molecular complexity index is 1400. The molecule has 3 aromatic rings. The number of likely N-dealkylation sites (tertiary alicyclic amines) is 1. The number of hydrogen-bond donors (Lipinski definition) is 1. The minimum absolute atomic E-state index is 0.0225. The first-order chi connectivity index (χ1) is 19.1. The van der Waals surface area contributed by atoms with Gasteiger partial charge < -0.3 is 19.7 Å². The number of amides is 1. The lowest BCUT2D eigenvalue weighted by atomic mass is 9.72. The third-order valence-electron chi connectivity index (χ3n) is 8.31. The highest BCUT2D eigenvalue weighted by Crippen LogP contribution is 2.40. The van der Waals surface area contributed by atoms with Crippen molar-refractivity contribution in [2.24, 2.45) is 0 Å². The highest BCUT2D eigenvalue weighted by atomic mass is 19.4. The van der Waals surface area contributed by atoms with Crippen molar-refractivity contribution in [3.63, 3.8) is 0 Å². The molecule has 0 saturated carbocycles. The van der Waals surface area contributed by atoms with E-state index >= 15 is 0 Å². The molecule has 0 aliphatic carbocycles. The summed E-state index contributed by atoms with van der Waals surface area (Å²) < 4.78 is 41.8. The number of piperidine rings is 1. The lowest BCUT2D eigenvalue weighted by molar-refractivity contribution is -0.137. The van der Waals surface area contributed by atoms with Crippen LogP contribution in [0.3, 0.4) is 0 Å². The second-order valence-electron chi connectivity index (χ2n) is 10.7. The molecule has 0 radical (unpaired) electrons. The number of nitrogens with zero attached hydrogens (tertiary/aromatic N) is 5. The number of carbonyl (C=O) groups excluding carboxylic acids is 1. The molecule has 2 aliphatic rings. The van der Waals surface area contributed by atoms with Gasteiger partial charge in [0.25, 0.3) is 0 Å². The van der Waals surface area contributed by atoms with Crippen molar-refractivity contribution in [2.45, 2.75) is 50.4 Å². The first-order valence-corrected chi connectivity index (χ1v) is 13.6. The van der Waals surface area contributed by atoms with Crippen LogP contribution < -0.4 is 10.2 Å². The predicted molar refractivity (Wildman–Crippen MR) is 147 cm³/mol. The minimum atomic E-state index is -4.52. The van der Waals surface area contributed by atoms with Gasteiger partial charge in [0.15, 0.2) is 0 Å². The summed E-state index contributed by atoms with van der Waals surface area (Å²) in [5.74, 6) is -0.0492. The Kier molecular flexibility index (Phi) is 7.60. The van der Waals surface area contributed by atoms with Gasteiger partial charge in [0.1, 0.15) is 6.07 Å². The Morgan fingerprint density at radius 3 is 2.55 bits per heavy atom. The molecule has 210 valence electrons. The van der Waals surface area contributed by atoms with E-state index in [4.69, 9.17) is 4.98 Å². The zero-order chi connectivity index (χ0) is 28.5. The van der Waals surface area contributed by atoms with Crippen LogP contribution in [-0.2, 0) is 22.9 Å². The van der Waals surface area contributed by atoms with Gasteiger partial charge in [-0.1, -0.05) is 6.07 Å². The van der Waals surface area contributed by atoms with E-state index in [-0.39, 0.29) is 17.5 Å². The highest BCUT2D eigenvalue weighted by Gasteiger charge is 2.44. The van der Waals surface area contributed by atoms with Crippen LogP contribution in [0.5, 0.6) is 0 Å². The number of nitriles is 1. The predicted octanol–water partition coefficient (Wildman–Crippen LogP) is 4.82. The second-order valence-corrected chi connectivity index (χ2v) is 10.7. The number of benzene rings is 1. The minimum Gasteiger partial charge on any atom is -0.370 e. The standard InChI is InChI=1S/C30H33F3N6O/c1-3-38-13-4-5-27(38)25-8-6-23(19-35-25)29(28(40)36-24-10-14-37(2)20-24)11-15-39(16-12-29)26-9-7-22(30(31,32)33)17-21(26)18-34/h4-9,13,17,19,24H,3,10-12,14-16,20H2,1-2H3,(H,36,40). The Morgan fingerprint density at radius 1 is 1.18 bits per heavy atom. The van der Waals surface area contributed by atoms with Crippen molar-refractivity contribution >= 4 is 11.6 Å². The summed E-state index contributed by atoms with van der Waals surface area (Å²) in [4.78, 5) is 22.8. The van der Waals surface area contributed by atoms with Crippen LogP contribution in [-0.4, -0.2) is 59.6 Å². The number of pyridine rings is 1. The maximum atomic E-state index is 14.0. The van der Waals surface area contributed by atoms with Gasteiger partial charge in [-0.15, -0.1) is 0 Å². The Hall–Kier alpha value is -3.84. The van der Waals surface area contributed by atoms with Crippen LogP contribution in [0.25, 0.3) is 11.4 Å². The normalized spacial score (nSPS) is 19.4. The molecule has 2 aliphatic heterocycles. The molecule has 2 aromatic heterocycles. The molecule has 10 heteroatoms. The van der Waals surface area contributed by atoms with E-state index in [0.717, 1.165) is 55.1 Å². The molecule has 1 aromatic carbocycles. The molecule has 2 saturated heterocycles. The van der Waals surface area contributed by atoms with Crippen molar-refractivity contribution in [1.29, 1.82) is 5.26 Å². The number of anilines is 1. The maximum absolute atomic E-state index is 14.0. The SMILES string of the molecule is CCn1cccc1-c1ccc(C2(C(=O)NC3CCN(C)C3)CCN(c3ccc(C(F)(F)F)cc3C#N)CC2)cn1. The van der Waals surface area contributed by atoms with Crippen molar-refractivity contribution in [2.75, 3.05) is 38.1 Å². The van der Waals surface area contributed by atoms with E-state index in [1.54, 1.807) is 6.20 Å². The van der Waals surface area contributed by atoms with Gasteiger partial charge >= 0.3 is 6.18 Å². The monoisotopic (exact) mass is 550 g/mol. The molecule has 4 heterocycles. The summed E-state index contributed by atoms with van der Waals surface area (Å²) in [6.07, 6.45) is 1.04. The summed E-state index contributed by atoms with van der Waals surface area (Å²) in [7, 11) is 2.03. The molecule has 7 nitrogen and oxygen atoms in total. The molecule has 1 unspecified atom stereocenters. The zero-order valence-corrected chi connectivity index (χ0v) is 22.7. The average Bonchev–Trinajstić information content (AvgIpc) is 3.61. The summed E-state index contributed by atoms with van der Waals surface area (Å²) in [5, 5.41) is 12.9. The van der Waals surface area contributed by atoms with Crippen molar-refractivity contribution in [3.8, 4) is 17.5 Å². The smallest absolute Gasteiger partial charge is 0.370 e. The number of carbonyl (C=O) groups is 1. The third kappa shape index (κ3) is 5.30. The van der Waals surface area contributed by atoms with E-state index in [2.05, 4.69) is 21.7 Å². The summed E-state index contributed by atoms with van der Waals surface area (Å²) >= 11 is 0. The topological polar surface area (TPSA) is 77.2 Å².